The molecule has 1 aromatic carbocycles. The van der Waals surface area contributed by atoms with Gasteiger partial charge >= 0.3 is 17.8 Å². The highest BCUT2D eigenvalue weighted by molar-refractivity contribution is 5.67. The lowest BCUT2D eigenvalue weighted by molar-refractivity contribution is -0.137. The Kier molecular flexibility index (Phi) is 5.70. The molecule has 1 saturated heterocycles. The summed E-state index contributed by atoms with van der Waals surface area (Å²) < 4.78 is 51.0. The lowest BCUT2D eigenvalue weighted by Gasteiger charge is -2.41. The fourth-order valence-electron chi connectivity index (χ4n) is 4.52. The lowest BCUT2D eigenvalue weighted by Crippen LogP contribution is -2.49. The Balaban J connectivity index is 1.59. The van der Waals surface area contributed by atoms with Crippen molar-refractivity contribution in [1.82, 2.24) is 23.7 Å². The molecule has 1 aliphatic heterocycles. The molecule has 4 heterocycles. The quantitative estimate of drug-likeness (QED) is 0.418. The lowest BCUT2D eigenvalue weighted by atomic mass is 9.75. The van der Waals surface area contributed by atoms with Crippen molar-refractivity contribution >= 4 is 11.5 Å². The number of carboxylic acids is 1. The summed E-state index contributed by atoms with van der Waals surface area (Å²) in [5.41, 5.74) is -1.00. The number of halogens is 3. The van der Waals surface area contributed by atoms with Gasteiger partial charge in [0.1, 0.15) is 12.2 Å². The number of alkyl halides is 3. The summed E-state index contributed by atoms with van der Waals surface area (Å²) in [6.07, 6.45) is -0.626. The summed E-state index contributed by atoms with van der Waals surface area (Å²) in [4.78, 5) is 24.2. The Hall–Kier alpha value is -3.93. The first kappa shape index (κ1) is 23.8. The maximum Gasteiger partial charge on any atom is 0.418 e. The van der Waals surface area contributed by atoms with Gasteiger partial charge in [-0.3, -0.25) is 13.8 Å². The van der Waals surface area contributed by atoms with E-state index in [9.17, 15) is 22.8 Å². The Labute approximate surface area is 202 Å². The van der Waals surface area contributed by atoms with E-state index < -0.39 is 28.8 Å². The summed E-state index contributed by atoms with van der Waals surface area (Å²) in [6.45, 7) is 0.863. The summed E-state index contributed by atoms with van der Waals surface area (Å²) in [7, 11) is 1.84. The van der Waals surface area contributed by atoms with Crippen molar-refractivity contribution in [3.63, 3.8) is 0 Å². The Morgan fingerprint density at radius 3 is 2.61 bits per heavy atom. The second-order valence-electron chi connectivity index (χ2n) is 9.05. The van der Waals surface area contributed by atoms with Crippen LogP contribution >= 0.6 is 0 Å². The number of carbonyl (C=O) groups is 1. The molecule has 0 radical (unpaired) electrons. The number of ether oxygens (including phenoxy) is 1. The number of pyridine rings is 1. The minimum absolute atomic E-state index is 0.111. The van der Waals surface area contributed by atoms with Gasteiger partial charge < -0.3 is 14.4 Å². The average molecular weight is 501 g/mol. The van der Waals surface area contributed by atoms with Crippen molar-refractivity contribution in [2.75, 3.05) is 13.2 Å². The number of rotatable bonds is 7. The van der Waals surface area contributed by atoms with Gasteiger partial charge in [-0.2, -0.15) is 13.2 Å². The molecule has 1 fully saturated rings. The van der Waals surface area contributed by atoms with Crippen LogP contribution in [-0.2, 0) is 41.0 Å². The number of nitrogens with zero attached hydrogens (tertiary/aromatic N) is 5. The van der Waals surface area contributed by atoms with Gasteiger partial charge in [0.15, 0.2) is 0 Å². The van der Waals surface area contributed by atoms with Crippen LogP contribution in [0.2, 0.25) is 0 Å². The second-order valence-corrected chi connectivity index (χ2v) is 9.05. The molecule has 5 rings (SSSR count). The predicted octanol–water partition coefficient (Wildman–Crippen LogP) is 2.77. The van der Waals surface area contributed by atoms with Gasteiger partial charge in [-0.1, -0.05) is 12.1 Å². The maximum atomic E-state index is 13.9. The maximum absolute atomic E-state index is 13.9. The van der Waals surface area contributed by atoms with Gasteiger partial charge in [-0.25, -0.2) is 4.79 Å². The van der Waals surface area contributed by atoms with Crippen LogP contribution < -0.4 is 5.69 Å². The van der Waals surface area contributed by atoms with E-state index in [1.165, 1.54) is 10.8 Å². The first-order valence-corrected chi connectivity index (χ1v) is 11.1. The Morgan fingerprint density at radius 1 is 1.22 bits per heavy atom. The summed E-state index contributed by atoms with van der Waals surface area (Å²) >= 11 is 0. The molecule has 188 valence electrons. The Bertz CT molecular complexity index is 1510. The molecule has 1 aliphatic rings. The third kappa shape index (κ3) is 4.17. The van der Waals surface area contributed by atoms with Crippen molar-refractivity contribution in [3.05, 3.63) is 82.1 Å². The van der Waals surface area contributed by atoms with Crippen LogP contribution in [0.1, 0.15) is 28.9 Å². The monoisotopic (exact) mass is 501 g/mol. The number of aromatic nitrogens is 5. The molecule has 3 aromatic heterocycles. The standard InChI is InChI=1S/C24H22F3N5O4/c1-30-14-28-29-20(30)9-23(12-36-13-23)16-3-2-4-17(8-16)31-11-19-18(24(25,26)27)7-15(5-6-21(33)34)10-32(19)22(31)35/h2-4,7-8,10-11,14H,5-6,9,12-13H2,1H3,(H,33,34). The highest BCUT2D eigenvalue weighted by Crippen LogP contribution is 2.37. The fourth-order valence-corrected chi connectivity index (χ4v) is 4.52. The van der Waals surface area contributed by atoms with Gasteiger partial charge in [0.25, 0.3) is 0 Å². The molecule has 36 heavy (non-hydrogen) atoms. The zero-order valence-corrected chi connectivity index (χ0v) is 19.2. The van der Waals surface area contributed by atoms with Crippen molar-refractivity contribution in [3.8, 4) is 5.69 Å². The third-order valence-corrected chi connectivity index (χ3v) is 6.55. The number of benzene rings is 1. The number of imidazole rings is 1. The molecule has 9 nitrogen and oxygen atoms in total. The first-order valence-electron chi connectivity index (χ1n) is 11.1. The van der Waals surface area contributed by atoms with Crippen molar-refractivity contribution < 1.29 is 27.8 Å². The molecule has 4 aromatic rings. The molecule has 0 amide bonds. The van der Waals surface area contributed by atoms with E-state index in [1.807, 2.05) is 17.7 Å². The molecule has 0 bridgehead atoms. The normalized spacial score (nSPS) is 15.2. The summed E-state index contributed by atoms with van der Waals surface area (Å²) in [5.74, 6) is -0.375. The summed E-state index contributed by atoms with van der Waals surface area (Å²) in [5, 5.41) is 17.0. The summed E-state index contributed by atoms with van der Waals surface area (Å²) in [6, 6.07) is 7.98. The molecule has 0 saturated carbocycles. The van der Waals surface area contributed by atoms with Crippen LogP contribution in [-0.4, -0.2) is 48.0 Å². The number of carboxylic acid groups (broad SMARTS) is 1. The van der Waals surface area contributed by atoms with Crippen molar-refractivity contribution in [1.29, 1.82) is 0 Å². The molecular formula is C24H22F3N5O4. The van der Waals surface area contributed by atoms with Crippen LogP contribution in [0.5, 0.6) is 0 Å². The van der Waals surface area contributed by atoms with E-state index in [-0.39, 0.29) is 23.9 Å². The Morgan fingerprint density at radius 2 is 2.00 bits per heavy atom. The average Bonchev–Trinajstić information content (AvgIpc) is 3.36. The van der Waals surface area contributed by atoms with E-state index in [4.69, 9.17) is 9.84 Å². The number of fused-ring (bicyclic) bond motifs is 1. The molecule has 0 atom stereocenters. The topological polar surface area (TPSA) is 104 Å². The second kappa shape index (κ2) is 8.63. The fraction of sp³-hybridized carbons (Fsp3) is 0.333. The number of hydrogen-bond donors (Lipinski definition) is 1. The number of aliphatic carboxylic acids is 1. The molecular weight excluding hydrogens is 479 g/mol. The van der Waals surface area contributed by atoms with E-state index in [1.54, 1.807) is 24.5 Å². The van der Waals surface area contributed by atoms with Crippen molar-refractivity contribution in [2.24, 2.45) is 7.05 Å². The van der Waals surface area contributed by atoms with E-state index in [2.05, 4.69) is 10.2 Å². The minimum atomic E-state index is -4.73. The highest BCUT2D eigenvalue weighted by Gasteiger charge is 2.42. The number of aryl methyl sites for hydroxylation is 2. The van der Waals surface area contributed by atoms with Crippen LogP contribution in [0.4, 0.5) is 13.2 Å². The zero-order valence-electron chi connectivity index (χ0n) is 19.2. The van der Waals surface area contributed by atoms with E-state index >= 15 is 0 Å². The SMILES string of the molecule is Cn1cnnc1CC1(c2cccc(-n3cc4c(C(F)(F)F)cc(CCC(=O)O)cn4c3=O)c2)COC1. The highest BCUT2D eigenvalue weighted by atomic mass is 19.4. The van der Waals surface area contributed by atoms with Gasteiger partial charge in [0.2, 0.25) is 0 Å². The van der Waals surface area contributed by atoms with Crippen molar-refractivity contribution in [2.45, 2.75) is 30.9 Å². The first-order chi connectivity index (χ1) is 17.1. The van der Waals surface area contributed by atoms with Gasteiger partial charge in [-0.05, 0) is 35.7 Å². The predicted molar refractivity (Wildman–Crippen MR) is 121 cm³/mol. The van der Waals surface area contributed by atoms with E-state index in [0.717, 1.165) is 28.1 Å². The van der Waals surface area contributed by atoms with Crippen LogP contribution in [0, 0.1) is 0 Å². The van der Waals surface area contributed by atoms with Crippen LogP contribution in [0.3, 0.4) is 0 Å². The molecule has 12 heteroatoms. The van der Waals surface area contributed by atoms with Gasteiger partial charge in [0.05, 0.1) is 30.0 Å². The van der Waals surface area contributed by atoms with Gasteiger partial charge in [0, 0.05) is 37.7 Å². The molecule has 1 N–H and O–H groups in total. The van der Waals surface area contributed by atoms with E-state index in [0.29, 0.717) is 25.3 Å². The molecule has 0 aliphatic carbocycles. The third-order valence-electron chi connectivity index (χ3n) is 6.55. The van der Waals surface area contributed by atoms with Crippen LogP contribution in [0.15, 0.2) is 53.8 Å². The molecule has 0 spiro atoms. The number of hydrogen-bond acceptors (Lipinski definition) is 5. The smallest absolute Gasteiger partial charge is 0.418 e. The largest absolute Gasteiger partial charge is 0.481 e. The van der Waals surface area contributed by atoms with Crippen LogP contribution in [0.25, 0.3) is 11.2 Å². The minimum Gasteiger partial charge on any atom is -0.481 e. The molecule has 0 unspecified atom stereocenters. The van der Waals surface area contributed by atoms with Gasteiger partial charge in [-0.15, -0.1) is 10.2 Å². The zero-order chi connectivity index (χ0) is 25.7.